The summed E-state index contributed by atoms with van der Waals surface area (Å²) in [5.41, 5.74) is 0.598. The third-order valence-corrected chi connectivity index (χ3v) is 4.34. The second kappa shape index (κ2) is 7.18. The van der Waals surface area contributed by atoms with Crippen molar-refractivity contribution >= 4 is 34.7 Å². The van der Waals surface area contributed by atoms with E-state index in [4.69, 9.17) is 4.42 Å². The molecule has 1 aliphatic heterocycles. The molecule has 0 atom stereocenters. The summed E-state index contributed by atoms with van der Waals surface area (Å²) in [6, 6.07) is 9.26. The summed E-state index contributed by atoms with van der Waals surface area (Å²) in [4.78, 5) is 36.0. The molecule has 7 nitrogen and oxygen atoms in total. The molecule has 0 unspecified atom stereocenters. The van der Waals surface area contributed by atoms with Crippen LogP contribution in [0.2, 0.25) is 0 Å². The van der Waals surface area contributed by atoms with Crippen molar-refractivity contribution in [2.24, 2.45) is 0 Å². The van der Waals surface area contributed by atoms with E-state index in [0.29, 0.717) is 16.2 Å². The van der Waals surface area contributed by atoms with Gasteiger partial charge in [0, 0.05) is 12.1 Å². The zero-order valence-electron chi connectivity index (χ0n) is 12.8. The lowest BCUT2D eigenvalue weighted by molar-refractivity contribution is -0.384. The molecule has 8 heteroatoms. The first-order chi connectivity index (χ1) is 12.0. The van der Waals surface area contributed by atoms with Gasteiger partial charge in [0.1, 0.15) is 5.76 Å². The SMILES string of the molecule is O=C1S/C(=C\C=C\c2ccco2)C(=O)N1Cc1ccc([N+](=O)[O-])cc1. The zero-order valence-corrected chi connectivity index (χ0v) is 13.6. The Morgan fingerprint density at radius 2 is 1.96 bits per heavy atom. The van der Waals surface area contributed by atoms with Gasteiger partial charge in [-0.1, -0.05) is 18.2 Å². The summed E-state index contributed by atoms with van der Waals surface area (Å²) in [5, 5.41) is 10.3. The van der Waals surface area contributed by atoms with E-state index in [9.17, 15) is 19.7 Å². The Morgan fingerprint density at radius 3 is 2.60 bits per heavy atom. The van der Waals surface area contributed by atoms with E-state index < -0.39 is 10.8 Å². The quantitative estimate of drug-likeness (QED) is 0.457. The number of non-ortho nitro benzene ring substituents is 1. The molecule has 0 aliphatic carbocycles. The lowest BCUT2D eigenvalue weighted by atomic mass is 10.2. The highest BCUT2D eigenvalue weighted by atomic mass is 32.2. The summed E-state index contributed by atoms with van der Waals surface area (Å²) in [5.74, 6) is 0.249. The molecule has 1 fully saturated rings. The number of carbonyl (C=O) groups is 2. The van der Waals surface area contributed by atoms with Crippen molar-refractivity contribution in [3.63, 3.8) is 0 Å². The number of thioether (sulfide) groups is 1. The molecule has 0 saturated carbocycles. The number of amides is 2. The summed E-state index contributed by atoms with van der Waals surface area (Å²) in [7, 11) is 0. The Morgan fingerprint density at radius 1 is 1.20 bits per heavy atom. The molecule has 0 radical (unpaired) electrons. The Balaban J connectivity index is 1.69. The Labute approximate surface area is 146 Å². The number of hydrogen-bond donors (Lipinski definition) is 0. The lowest BCUT2D eigenvalue weighted by Gasteiger charge is -2.12. The van der Waals surface area contributed by atoms with Crippen LogP contribution in [0, 0.1) is 10.1 Å². The summed E-state index contributed by atoms with van der Waals surface area (Å²) in [6.07, 6.45) is 6.42. The Hall–Kier alpha value is -3.13. The Bertz CT molecular complexity index is 869. The zero-order chi connectivity index (χ0) is 17.8. The van der Waals surface area contributed by atoms with Gasteiger partial charge in [0.15, 0.2) is 0 Å². The fraction of sp³-hybridized carbons (Fsp3) is 0.0588. The van der Waals surface area contributed by atoms with Gasteiger partial charge in [0.2, 0.25) is 0 Å². The third kappa shape index (κ3) is 3.86. The van der Waals surface area contributed by atoms with Gasteiger partial charge in [-0.3, -0.25) is 24.6 Å². The molecule has 2 aromatic rings. The molecular weight excluding hydrogens is 344 g/mol. The van der Waals surface area contributed by atoms with Crippen LogP contribution in [0.15, 0.2) is 64.1 Å². The highest BCUT2D eigenvalue weighted by Gasteiger charge is 2.34. The van der Waals surface area contributed by atoms with Gasteiger partial charge < -0.3 is 4.42 Å². The molecule has 1 aromatic carbocycles. The lowest BCUT2D eigenvalue weighted by Crippen LogP contribution is -2.27. The van der Waals surface area contributed by atoms with Crippen molar-refractivity contribution in [1.82, 2.24) is 4.90 Å². The van der Waals surface area contributed by atoms with E-state index in [1.807, 2.05) is 0 Å². The number of rotatable bonds is 5. The van der Waals surface area contributed by atoms with Gasteiger partial charge in [-0.05, 0) is 41.6 Å². The van der Waals surface area contributed by atoms with Gasteiger partial charge >= 0.3 is 0 Å². The highest BCUT2D eigenvalue weighted by molar-refractivity contribution is 8.18. The minimum Gasteiger partial charge on any atom is -0.465 e. The van der Waals surface area contributed by atoms with E-state index in [0.717, 1.165) is 16.7 Å². The molecule has 1 aromatic heterocycles. The van der Waals surface area contributed by atoms with Crippen LogP contribution in [0.5, 0.6) is 0 Å². The number of hydrogen-bond acceptors (Lipinski definition) is 6. The largest absolute Gasteiger partial charge is 0.465 e. The molecule has 126 valence electrons. The van der Waals surface area contributed by atoms with Crippen molar-refractivity contribution in [1.29, 1.82) is 0 Å². The summed E-state index contributed by atoms with van der Waals surface area (Å²) in [6.45, 7) is 0.0713. The molecular formula is C17H12N2O5S. The number of imide groups is 1. The number of nitrogens with zero attached hydrogens (tertiary/aromatic N) is 2. The van der Waals surface area contributed by atoms with E-state index in [1.165, 1.54) is 30.5 Å². The van der Waals surface area contributed by atoms with Gasteiger partial charge in [-0.25, -0.2) is 0 Å². The maximum absolute atomic E-state index is 12.3. The number of carbonyl (C=O) groups excluding carboxylic acids is 2. The topological polar surface area (TPSA) is 93.7 Å². The molecule has 2 amide bonds. The van der Waals surface area contributed by atoms with Gasteiger partial charge in [0.05, 0.1) is 22.6 Å². The molecule has 0 bridgehead atoms. The maximum Gasteiger partial charge on any atom is 0.293 e. The molecule has 2 heterocycles. The average molecular weight is 356 g/mol. The minimum atomic E-state index is -0.502. The number of furan rings is 1. The van der Waals surface area contributed by atoms with Crippen LogP contribution in [-0.4, -0.2) is 21.0 Å². The Kier molecular flexibility index (Phi) is 4.80. The molecule has 1 saturated heterocycles. The van der Waals surface area contributed by atoms with Crippen molar-refractivity contribution in [2.45, 2.75) is 6.54 Å². The number of benzene rings is 1. The van der Waals surface area contributed by atoms with Crippen LogP contribution < -0.4 is 0 Å². The standard InChI is InChI=1S/C17H12N2O5S/c20-16-15(5-1-3-14-4-2-10-24-14)25-17(21)18(16)11-12-6-8-13(9-7-12)19(22)23/h1-10H,11H2/b3-1+,15-5-. The van der Waals surface area contributed by atoms with E-state index in [-0.39, 0.29) is 17.5 Å². The average Bonchev–Trinajstić information content (AvgIpc) is 3.20. The highest BCUT2D eigenvalue weighted by Crippen LogP contribution is 2.32. The van der Waals surface area contributed by atoms with Crippen molar-refractivity contribution in [3.05, 3.63) is 81.2 Å². The molecule has 3 rings (SSSR count). The van der Waals surface area contributed by atoms with E-state index in [1.54, 1.807) is 30.4 Å². The number of allylic oxidation sites excluding steroid dienone is 2. The second-order valence-electron chi connectivity index (χ2n) is 5.09. The molecule has 1 aliphatic rings. The van der Waals surface area contributed by atoms with Crippen molar-refractivity contribution < 1.29 is 18.9 Å². The van der Waals surface area contributed by atoms with Gasteiger partial charge in [0.25, 0.3) is 16.8 Å². The van der Waals surface area contributed by atoms with Gasteiger partial charge in [-0.2, -0.15) is 0 Å². The number of nitro benzene ring substituents is 1. The van der Waals surface area contributed by atoms with Crippen LogP contribution >= 0.6 is 11.8 Å². The smallest absolute Gasteiger partial charge is 0.293 e. The fourth-order valence-corrected chi connectivity index (χ4v) is 2.96. The monoisotopic (exact) mass is 356 g/mol. The minimum absolute atomic E-state index is 0.0409. The number of nitro groups is 1. The van der Waals surface area contributed by atoms with Crippen LogP contribution in [0.25, 0.3) is 6.08 Å². The molecule has 25 heavy (non-hydrogen) atoms. The van der Waals surface area contributed by atoms with E-state index >= 15 is 0 Å². The van der Waals surface area contributed by atoms with Crippen molar-refractivity contribution in [3.8, 4) is 0 Å². The molecule has 0 spiro atoms. The third-order valence-electron chi connectivity index (χ3n) is 3.41. The predicted octanol–water partition coefficient (Wildman–Crippen LogP) is 3.98. The maximum atomic E-state index is 12.3. The normalized spacial score (nSPS) is 16.3. The first-order valence-corrected chi connectivity index (χ1v) is 8.05. The first kappa shape index (κ1) is 16.7. The second-order valence-corrected chi connectivity index (χ2v) is 6.08. The summed E-state index contributed by atoms with van der Waals surface area (Å²) >= 11 is 0.855. The predicted molar refractivity (Wildman–Crippen MR) is 92.5 cm³/mol. The van der Waals surface area contributed by atoms with Gasteiger partial charge in [-0.15, -0.1) is 0 Å². The first-order valence-electron chi connectivity index (χ1n) is 7.23. The van der Waals surface area contributed by atoms with Crippen LogP contribution in [-0.2, 0) is 11.3 Å². The molecule has 0 N–H and O–H groups in total. The van der Waals surface area contributed by atoms with Crippen molar-refractivity contribution in [2.75, 3.05) is 0 Å². The van der Waals surface area contributed by atoms with Crippen LogP contribution in [0.3, 0.4) is 0 Å². The van der Waals surface area contributed by atoms with E-state index in [2.05, 4.69) is 0 Å². The van der Waals surface area contributed by atoms with Crippen LogP contribution in [0.4, 0.5) is 10.5 Å². The summed E-state index contributed by atoms with van der Waals surface area (Å²) < 4.78 is 5.14. The van der Waals surface area contributed by atoms with Crippen LogP contribution in [0.1, 0.15) is 11.3 Å². The fourth-order valence-electron chi connectivity index (χ4n) is 2.17.